The van der Waals surface area contributed by atoms with Crippen LogP contribution in [0.15, 0.2) is 10.5 Å². The van der Waals surface area contributed by atoms with E-state index in [9.17, 15) is 36.9 Å². The van der Waals surface area contributed by atoms with Crippen LogP contribution in [0.25, 0.3) is 0 Å². The molecule has 0 saturated carbocycles. The number of rotatable bonds is 10. The van der Waals surface area contributed by atoms with Gasteiger partial charge in [-0.25, -0.2) is 18.9 Å². The molecule has 0 radical (unpaired) electrons. The highest BCUT2D eigenvalue weighted by molar-refractivity contribution is 7.84. The highest BCUT2D eigenvalue weighted by Crippen LogP contribution is 2.27. The molecule has 3 N–H and O–H groups in total. The smallest absolute Gasteiger partial charge is 0.413 e. The lowest BCUT2D eigenvalue weighted by Crippen LogP contribution is -2.75. The second-order valence-corrected chi connectivity index (χ2v) is 15.3. The van der Waals surface area contributed by atoms with Gasteiger partial charge in [0.25, 0.3) is 11.8 Å². The van der Waals surface area contributed by atoms with Crippen molar-refractivity contribution in [2.75, 3.05) is 18.4 Å². The Bertz CT molecular complexity index is 1510. The third-order valence-corrected chi connectivity index (χ3v) is 8.06. The molecule has 0 unspecified atom stereocenters. The number of aromatic nitrogens is 1. The number of amides is 4. The fourth-order valence-electron chi connectivity index (χ4n) is 4.26. The number of nitrogens with one attached hydrogen (secondary N) is 2. The number of carbonyl (C=O) groups is 5. The van der Waals surface area contributed by atoms with E-state index in [2.05, 4.69) is 20.8 Å². The van der Waals surface area contributed by atoms with Crippen LogP contribution in [0.5, 0.6) is 0 Å². The van der Waals surface area contributed by atoms with Crippen molar-refractivity contribution >= 4 is 62.3 Å². The van der Waals surface area contributed by atoms with Gasteiger partial charge in [0.05, 0.1) is 6.04 Å². The monoisotopic (exact) mass is 688 g/mol. The van der Waals surface area contributed by atoms with Gasteiger partial charge in [-0.3, -0.25) is 24.3 Å². The summed E-state index contributed by atoms with van der Waals surface area (Å²) in [5.41, 5.74) is -4.08. The van der Waals surface area contributed by atoms with Gasteiger partial charge >= 0.3 is 22.4 Å². The zero-order valence-electron chi connectivity index (χ0n) is 26.9. The van der Waals surface area contributed by atoms with Crippen LogP contribution in [-0.2, 0) is 43.8 Å². The number of carbonyl (C=O) groups excluding carboxylic acids is 5. The zero-order chi connectivity index (χ0) is 34.8. The summed E-state index contributed by atoms with van der Waals surface area (Å²) < 4.78 is 44.5. The Morgan fingerprint density at radius 1 is 1.07 bits per heavy atom. The lowest BCUT2D eigenvalue weighted by Gasteiger charge is -2.46. The van der Waals surface area contributed by atoms with Crippen molar-refractivity contribution in [2.24, 2.45) is 5.16 Å². The minimum absolute atomic E-state index is 0.00918. The summed E-state index contributed by atoms with van der Waals surface area (Å²) in [6.45, 7) is 12.7. The predicted molar refractivity (Wildman–Crippen MR) is 164 cm³/mol. The molecule has 3 rings (SSSR count). The van der Waals surface area contributed by atoms with Gasteiger partial charge in [-0.05, 0) is 68.2 Å². The van der Waals surface area contributed by atoms with Gasteiger partial charge in [-0.1, -0.05) is 5.16 Å². The van der Waals surface area contributed by atoms with Crippen LogP contribution in [0, 0.1) is 0 Å². The zero-order valence-corrected chi connectivity index (χ0v) is 28.5. The first-order valence-corrected chi connectivity index (χ1v) is 16.6. The number of oxime groups is 1. The highest BCUT2D eigenvalue weighted by Gasteiger charge is 2.55. The average Bonchev–Trinajstić information content (AvgIpc) is 3.32. The molecule has 19 heteroatoms. The third-order valence-electron chi connectivity index (χ3n) is 6.36. The minimum Gasteiger partial charge on any atom is -0.457 e. The Hall–Kier alpha value is -3.84. The van der Waals surface area contributed by atoms with Gasteiger partial charge in [0.1, 0.15) is 22.9 Å². The minimum atomic E-state index is -5.02. The first kappa shape index (κ1) is 36.6. The lowest BCUT2D eigenvalue weighted by molar-refractivity contribution is -0.179. The maximum Gasteiger partial charge on any atom is 0.413 e. The Morgan fingerprint density at radius 3 is 2.26 bits per heavy atom. The molecular weight excluding hydrogens is 648 g/mol. The summed E-state index contributed by atoms with van der Waals surface area (Å²) >= 11 is 0.901. The van der Waals surface area contributed by atoms with Gasteiger partial charge in [0.2, 0.25) is 11.5 Å². The van der Waals surface area contributed by atoms with E-state index in [0.29, 0.717) is 19.4 Å². The van der Waals surface area contributed by atoms with Crippen molar-refractivity contribution in [1.29, 1.82) is 0 Å². The molecule has 0 aromatic carbocycles. The normalized spacial score (nSPS) is 19.7. The van der Waals surface area contributed by atoms with E-state index in [1.54, 1.807) is 41.5 Å². The van der Waals surface area contributed by atoms with E-state index in [-0.39, 0.29) is 34.0 Å². The summed E-state index contributed by atoms with van der Waals surface area (Å²) in [7, 11) is -5.02. The number of thiazole rings is 1. The highest BCUT2D eigenvalue weighted by atomic mass is 32.2. The molecule has 256 valence electrons. The standard InChI is InChI=1S/C27H40N6O11S2/c1-25(2,3)42-22(37)27(7,8)44-31-18(15-14-45-23(28-15)30-24(38)43-26(4,5)6)20(35)29-19-16(33(21(19)36)46(39,40)41)13-32-12-10-9-11-17(32)34/h14,16,19H,9-13H2,1-8H3,(H,29,35)(H,28,30,38)(H,39,40,41)/t16-,19+/m1/s1. The van der Waals surface area contributed by atoms with E-state index in [0.717, 1.165) is 11.3 Å². The Kier molecular flexibility index (Phi) is 10.7. The van der Waals surface area contributed by atoms with Gasteiger partial charge in [0, 0.05) is 24.9 Å². The Labute approximate surface area is 270 Å². The second-order valence-electron chi connectivity index (χ2n) is 13.1. The van der Waals surface area contributed by atoms with Gasteiger partial charge in [-0.15, -0.1) is 11.3 Å². The molecule has 17 nitrogen and oxygen atoms in total. The predicted octanol–water partition coefficient (Wildman–Crippen LogP) is 1.84. The molecule has 1 aromatic rings. The summed E-state index contributed by atoms with van der Waals surface area (Å²) in [6.07, 6.45) is 0.715. The van der Waals surface area contributed by atoms with Crippen LogP contribution >= 0.6 is 11.3 Å². The Balaban J connectivity index is 1.92. The number of esters is 1. The van der Waals surface area contributed by atoms with Gasteiger partial charge in [-0.2, -0.15) is 8.42 Å². The number of hydrogen-bond acceptors (Lipinski definition) is 13. The van der Waals surface area contributed by atoms with Crippen LogP contribution in [0.4, 0.5) is 9.93 Å². The SMILES string of the molecule is CC(C)(C)OC(=O)Nc1nc(C(=NOC(C)(C)C(=O)OC(C)(C)C)C(=O)N[C@@H]2C(=O)N(S(=O)(=O)O)[C@@H]2CN2CCCCC2=O)cs1. The number of nitrogens with zero attached hydrogens (tertiary/aromatic N) is 4. The first-order valence-electron chi connectivity index (χ1n) is 14.3. The quantitative estimate of drug-likeness (QED) is 0.105. The lowest BCUT2D eigenvalue weighted by atomic mass is 9.96. The van der Waals surface area contributed by atoms with Crippen molar-refractivity contribution in [1.82, 2.24) is 19.5 Å². The van der Waals surface area contributed by atoms with E-state index < -0.39 is 68.8 Å². The third kappa shape index (κ3) is 9.58. The molecule has 2 aliphatic heterocycles. The average molecular weight is 689 g/mol. The largest absolute Gasteiger partial charge is 0.457 e. The molecule has 2 saturated heterocycles. The van der Waals surface area contributed by atoms with Crippen LogP contribution in [0.1, 0.15) is 80.3 Å². The van der Waals surface area contributed by atoms with Crippen LogP contribution < -0.4 is 10.6 Å². The molecule has 0 aliphatic carbocycles. The van der Waals surface area contributed by atoms with Crippen molar-refractivity contribution in [3.8, 4) is 0 Å². The number of hydrogen-bond donors (Lipinski definition) is 3. The molecule has 3 heterocycles. The van der Waals surface area contributed by atoms with Crippen molar-refractivity contribution < 1.29 is 51.3 Å². The summed E-state index contributed by atoms with van der Waals surface area (Å²) in [5, 5.41) is 10.0. The summed E-state index contributed by atoms with van der Waals surface area (Å²) in [5.74, 6) is -3.29. The molecule has 0 bridgehead atoms. The molecule has 2 atom stereocenters. The van der Waals surface area contributed by atoms with Crippen LogP contribution in [-0.4, -0.2) is 105 Å². The first-order chi connectivity index (χ1) is 21.0. The van der Waals surface area contributed by atoms with Crippen molar-refractivity contribution in [2.45, 2.75) is 104 Å². The van der Waals surface area contributed by atoms with E-state index in [4.69, 9.17) is 14.3 Å². The fourth-order valence-corrected chi connectivity index (χ4v) is 5.82. The summed E-state index contributed by atoms with van der Waals surface area (Å²) in [6, 6.07) is -2.82. The number of anilines is 1. The van der Waals surface area contributed by atoms with Gasteiger partial charge < -0.3 is 24.5 Å². The molecule has 2 aliphatic rings. The topological polar surface area (TPSA) is 223 Å². The summed E-state index contributed by atoms with van der Waals surface area (Å²) in [4.78, 5) is 74.9. The second kappa shape index (κ2) is 13.5. The van der Waals surface area contributed by atoms with Gasteiger partial charge in [0.15, 0.2) is 10.8 Å². The van der Waals surface area contributed by atoms with Crippen molar-refractivity contribution in [3.05, 3.63) is 11.1 Å². The van der Waals surface area contributed by atoms with E-state index in [1.807, 2.05) is 0 Å². The maximum atomic E-state index is 13.6. The molecule has 1 aromatic heterocycles. The molecule has 2 fully saturated rings. The number of likely N-dealkylation sites (tertiary alicyclic amines) is 1. The maximum absolute atomic E-state index is 13.6. The number of piperidine rings is 1. The molecule has 4 amide bonds. The van der Waals surface area contributed by atoms with Crippen molar-refractivity contribution in [3.63, 3.8) is 0 Å². The fraction of sp³-hybridized carbons (Fsp3) is 0.667. The molecule has 46 heavy (non-hydrogen) atoms. The molecular formula is C27H40N6O11S2. The van der Waals surface area contributed by atoms with Crippen LogP contribution in [0.3, 0.4) is 0 Å². The molecule has 0 spiro atoms. The van der Waals surface area contributed by atoms with E-state index >= 15 is 0 Å². The van der Waals surface area contributed by atoms with Crippen LogP contribution in [0.2, 0.25) is 0 Å². The number of β-lactam (4-membered cyclic amide) rings is 1. The Morgan fingerprint density at radius 2 is 1.70 bits per heavy atom. The van der Waals surface area contributed by atoms with E-state index in [1.165, 1.54) is 24.1 Å². The number of ether oxygens (including phenoxy) is 2.